The number of benzene rings is 5. The molecule has 6 rings (SSSR count). The number of amides is 1. The minimum absolute atomic E-state index is 0.0866. The van der Waals surface area contributed by atoms with Crippen molar-refractivity contribution < 1.29 is 23.5 Å². The first-order chi connectivity index (χ1) is 24.3. The Morgan fingerprint density at radius 1 is 0.680 bits per heavy atom. The van der Waals surface area contributed by atoms with Crippen LogP contribution >= 0.6 is 0 Å². The van der Waals surface area contributed by atoms with Gasteiger partial charge in [0.15, 0.2) is 0 Å². The number of carbonyl (C=O) groups excluding carboxylic acids is 2. The zero-order chi connectivity index (χ0) is 35.0. The lowest BCUT2D eigenvalue weighted by atomic mass is 9.98. The topological polar surface area (TPSA) is 73.9 Å². The molecule has 0 saturated carbocycles. The third-order valence-electron chi connectivity index (χ3n) is 9.52. The molecular weight excluding hydrogens is 639 g/mol. The molecule has 50 heavy (non-hydrogen) atoms. The molecule has 0 unspecified atom stereocenters. The van der Waals surface area contributed by atoms with Crippen molar-refractivity contribution in [3.05, 3.63) is 156 Å². The summed E-state index contributed by atoms with van der Waals surface area (Å²) in [5, 5.41) is 5.04. The Bertz CT molecular complexity index is 1790. The maximum absolute atomic E-state index is 13.5. The van der Waals surface area contributed by atoms with Gasteiger partial charge in [0.2, 0.25) is 0 Å². The molecule has 0 radical (unpaired) electrons. The van der Waals surface area contributed by atoms with Crippen molar-refractivity contribution in [2.24, 2.45) is 0 Å². The summed E-state index contributed by atoms with van der Waals surface area (Å²) in [6, 6.07) is 46.0. The van der Waals surface area contributed by atoms with Crippen LogP contribution in [0.25, 0.3) is 11.1 Å². The largest absolute Gasteiger partial charge is 0.459 e. The normalized spacial score (nSPS) is 13.2. The van der Waals surface area contributed by atoms with Crippen LogP contribution in [0, 0.1) is 0 Å². The zero-order valence-electron chi connectivity index (χ0n) is 29.0. The molecular formula is C43H45NO5Si. The standard InChI is InChI=1S/C43H45NO5Si/c1-43(2,3)50(33-20-9-5-10-21-33,34-22-11-6-12-23-34)49-29-17-28-40(41(45)47-30-32-18-7-4-8-19-32)44-42(46)48-31-39-37-26-15-13-24-35(37)36-25-14-16-27-38(36)39/h4-16,18-27,39-40H,17,28-31H2,1-3H3,(H,44,46)/t40-/m0/s1. The third-order valence-corrected chi connectivity index (χ3v) is 14.6. The van der Waals surface area contributed by atoms with Gasteiger partial charge in [0.05, 0.1) is 0 Å². The first-order valence-corrected chi connectivity index (χ1v) is 19.3. The molecule has 0 aliphatic heterocycles. The molecule has 5 aromatic carbocycles. The summed E-state index contributed by atoms with van der Waals surface area (Å²) < 4.78 is 18.6. The molecule has 0 heterocycles. The lowest BCUT2D eigenvalue weighted by Crippen LogP contribution is -2.66. The Morgan fingerprint density at radius 2 is 1.18 bits per heavy atom. The quantitative estimate of drug-likeness (QED) is 0.0774. The number of carbonyl (C=O) groups is 2. The zero-order valence-corrected chi connectivity index (χ0v) is 30.0. The van der Waals surface area contributed by atoms with Crippen molar-refractivity contribution in [2.45, 2.75) is 57.2 Å². The molecule has 1 N–H and O–H groups in total. The van der Waals surface area contributed by atoms with E-state index in [-0.39, 0.29) is 24.2 Å². The molecule has 0 fully saturated rings. The first-order valence-electron chi connectivity index (χ1n) is 17.3. The molecule has 256 valence electrons. The van der Waals surface area contributed by atoms with Gasteiger partial charge in [0.1, 0.15) is 19.3 Å². The van der Waals surface area contributed by atoms with Crippen LogP contribution in [0.4, 0.5) is 4.79 Å². The third kappa shape index (κ3) is 7.59. The van der Waals surface area contributed by atoms with E-state index in [4.69, 9.17) is 13.9 Å². The van der Waals surface area contributed by atoms with Gasteiger partial charge in [-0.25, -0.2) is 9.59 Å². The summed E-state index contributed by atoms with van der Waals surface area (Å²) in [6.45, 7) is 7.39. The molecule has 0 spiro atoms. The fourth-order valence-electron chi connectivity index (χ4n) is 7.13. The summed E-state index contributed by atoms with van der Waals surface area (Å²) in [7, 11) is -2.75. The average Bonchev–Trinajstić information content (AvgIpc) is 3.46. The summed E-state index contributed by atoms with van der Waals surface area (Å²) in [4.78, 5) is 26.8. The van der Waals surface area contributed by atoms with Crippen molar-refractivity contribution in [3.63, 3.8) is 0 Å². The Balaban J connectivity index is 1.16. The number of hydrogen-bond acceptors (Lipinski definition) is 5. The number of alkyl carbamates (subject to hydrolysis) is 1. The van der Waals surface area contributed by atoms with E-state index >= 15 is 0 Å². The van der Waals surface area contributed by atoms with Crippen molar-refractivity contribution in [2.75, 3.05) is 13.2 Å². The van der Waals surface area contributed by atoms with Gasteiger partial charge in [-0.3, -0.25) is 0 Å². The highest BCUT2D eigenvalue weighted by atomic mass is 28.4. The van der Waals surface area contributed by atoms with Crippen LogP contribution in [-0.2, 0) is 25.3 Å². The Kier molecular flexibility index (Phi) is 11.0. The number of esters is 1. The molecule has 6 nitrogen and oxygen atoms in total. The van der Waals surface area contributed by atoms with E-state index in [1.165, 1.54) is 10.4 Å². The molecule has 1 atom stereocenters. The lowest BCUT2D eigenvalue weighted by molar-refractivity contribution is -0.147. The van der Waals surface area contributed by atoms with Gasteiger partial charge in [-0.15, -0.1) is 0 Å². The second kappa shape index (κ2) is 15.7. The van der Waals surface area contributed by atoms with E-state index in [1.54, 1.807) is 0 Å². The monoisotopic (exact) mass is 683 g/mol. The smallest absolute Gasteiger partial charge is 0.407 e. The van der Waals surface area contributed by atoms with Crippen molar-refractivity contribution >= 4 is 30.8 Å². The molecule has 0 saturated heterocycles. The van der Waals surface area contributed by atoms with Gasteiger partial charge < -0.3 is 19.2 Å². The van der Waals surface area contributed by atoms with Crippen molar-refractivity contribution in [3.8, 4) is 11.1 Å². The highest BCUT2D eigenvalue weighted by molar-refractivity contribution is 6.99. The molecule has 0 aromatic heterocycles. The molecule has 0 bridgehead atoms. The Labute approximate surface area is 296 Å². The van der Waals surface area contributed by atoms with Gasteiger partial charge in [0.25, 0.3) is 8.32 Å². The predicted molar refractivity (Wildman–Crippen MR) is 201 cm³/mol. The maximum atomic E-state index is 13.5. The average molecular weight is 684 g/mol. The van der Waals surface area contributed by atoms with Gasteiger partial charge in [-0.1, -0.05) is 160 Å². The summed E-state index contributed by atoms with van der Waals surface area (Å²) >= 11 is 0. The Morgan fingerprint density at radius 3 is 1.72 bits per heavy atom. The van der Waals surface area contributed by atoms with E-state index in [1.807, 2.05) is 66.7 Å². The molecule has 1 amide bonds. The van der Waals surface area contributed by atoms with Crippen LogP contribution in [0.15, 0.2) is 140 Å². The van der Waals surface area contributed by atoms with E-state index in [0.29, 0.717) is 19.4 Å². The van der Waals surface area contributed by atoms with Crippen LogP contribution in [0.1, 0.15) is 56.2 Å². The molecule has 1 aliphatic carbocycles. The lowest BCUT2D eigenvalue weighted by Gasteiger charge is -2.43. The summed E-state index contributed by atoms with van der Waals surface area (Å²) in [5.74, 6) is -0.593. The van der Waals surface area contributed by atoms with Gasteiger partial charge >= 0.3 is 12.1 Å². The van der Waals surface area contributed by atoms with Crippen LogP contribution in [0.2, 0.25) is 5.04 Å². The van der Waals surface area contributed by atoms with Crippen LogP contribution in [0.3, 0.4) is 0 Å². The van der Waals surface area contributed by atoms with E-state index in [0.717, 1.165) is 27.8 Å². The van der Waals surface area contributed by atoms with Crippen LogP contribution < -0.4 is 15.7 Å². The number of hydrogen-bond donors (Lipinski definition) is 1. The van der Waals surface area contributed by atoms with E-state index in [2.05, 4.69) is 98.9 Å². The highest BCUT2D eigenvalue weighted by Crippen LogP contribution is 2.44. The number of rotatable bonds is 13. The highest BCUT2D eigenvalue weighted by Gasteiger charge is 2.50. The van der Waals surface area contributed by atoms with E-state index in [9.17, 15) is 9.59 Å². The fourth-order valence-corrected chi connectivity index (χ4v) is 11.7. The van der Waals surface area contributed by atoms with Crippen molar-refractivity contribution in [1.82, 2.24) is 5.32 Å². The van der Waals surface area contributed by atoms with Gasteiger partial charge in [-0.2, -0.15) is 0 Å². The fraction of sp³-hybridized carbons (Fsp3) is 0.256. The number of ether oxygens (including phenoxy) is 2. The van der Waals surface area contributed by atoms with Crippen molar-refractivity contribution in [1.29, 1.82) is 0 Å². The summed E-state index contributed by atoms with van der Waals surface area (Å²) in [6.07, 6.45) is 0.205. The summed E-state index contributed by atoms with van der Waals surface area (Å²) in [5.41, 5.74) is 5.43. The first kappa shape index (κ1) is 34.9. The minimum atomic E-state index is -2.75. The SMILES string of the molecule is CC(C)(C)[Si](OCCC[C@H](NC(=O)OCC1c2ccccc2-c2ccccc21)C(=O)OCc1ccccc1)(c1ccccc1)c1ccccc1. The van der Waals surface area contributed by atoms with Gasteiger partial charge in [-0.05, 0) is 56.1 Å². The molecule has 7 heteroatoms. The number of nitrogens with one attached hydrogen (secondary N) is 1. The molecule has 1 aliphatic rings. The van der Waals surface area contributed by atoms with Crippen LogP contribution in [-0.4, -0.2) is 39.6 Å². The second-order valence-corrected chi connectivity index (χ2v) is 18.1. The van der Waals surface area contributed by atoms with Gasteiger partial charge in [0, 0.05) is 12.5 Å². The van der Waals surface area contributed by atoms with Crippen LogP contribution in [0.5, 0.6) is 0 Å². The Hall–Kier alpha value is -4.98. The number of fused-ring (bicyclic) bond motifs is 3. The second-order valence-electron chi connectivity index (χ2n) is 13.8. The van der Waals surface area contributed by atoms with E-state index < -0.39 is 26.4 Å². The minimum Gasteiger partial charge on any atom is -0.459 e. The predicted octanol–water partition coefficient (Wildman–Crippen LogP) is 7.99. The molecule has 5 aromatic rings. The maximum Gasteiger partial charge on any atom is 0.407 e.